The molecule has 2 aliphatic carbocycles. The summed E-state index contributed by atoms with van der Waals surface area (Å²) < 4.78 is 5.58. The third-order valence-corrected chi connectivity index (χ3v) is 9.19. The van der Waals surface area contributed by atoms with Crippen molar-refractivity contribution in [2.75, 3.05) is 26.2 Å². The molecule has 1 aromatic carbocycles. The predicted molar refractivity (Wildman–Crippen MR) is 135 cm³/mol. The average molecular weight is 495 g/mol. The fourth-order valence-corrected chi connectivity index (χ4v) is 6.96. The minimum atomic E-state index is -0.999. The molecule has 6 rings (SSSR count). The van der Waals surface area contributed by atoms with Crippen LogP contribution in [-0.2, 0) is 14.3 Å². The number of rotatable bonds is 5. The van der Waals surface area contributed by atoms with Gasteiger partial charge in [-0.25, -0.2) is 0 Å². The molecule has 36 heavy (non-hydrogen) atoms. The van der Waals surface area contributed by atoms with Gasteiger partial charge in [-0.05, 0) is 75.2 Å². The molecule has 2 amide bonds. The smallest absolute Gasteiger partial charge is 0.252 e. The van der Waals surface area contributed by atoms with E-state index in [4.69, 9.17) is 10.5 Å². The lowest BCUT2D eigenvalue weighted by Gasteiger charge is -2.40. The summed E-state index contributed by atoms with van der Waals surface area (Å²) >= 11 is 0. The molecule has 3 saturated heterocycles. The molecule has 0 bridgehead atoms. The summed E-state index contributed by atoms with van der Waals surface area (Å²) in [6.45, 7) is 2.61. The van der Waals surface area contributed by atoms with Gasteiger partial charge in [0.2, 0.25) is 5.91 Å². The van der Waals surface area contributed by atoms with Gasteiger partial charge >= 0.3 is 0 Å². The first-order valence-electron chi connectivity index (χ1n) is 13.8. The SMILES string of the molecule is N[C@@H]1CN(C(=O)C2(NC(=O)c3ccc(C4CCN(C5CC5)CC4)cc3)CCCCC2)[C@@H]2C(=O)CO[C@H]12. The first-order chi connectivity index (χ1) is 17.4. The summed E-state index contributed by atoms with van der Waals surface area (Å²) in [5.41, 5.74) is 7.08. The van der Waals surface area contributed by atoms with Crippen molar-refractivity contribution in [2.24, 2.45) is 5.73 Å². The van der Waals surface area contributed by atoms with E-state index in [-0.39, 0.29) is 36.8 Å². The number of ether oxygens (including phenoxy) is 1. The molecule has 0 aromatic heterocycles. The Morgan fingerprint density at radius 1 is 1.00 bits per heavy atom. The van der Waals surface area contributed by atoms with Crippen LogP contribution in [0.3, 0.4) is 0 Å². The Balaban J connectivity index is 1.15. The second kappa shape index (κ2) is 9.54. The van der Waals surface area contributed by atoms with E-state index in [0.29, 0.717) is 24.3 Å². The van der Waals surface area contributed by atoms with Crippen LogP contribution in [0.4, 0.5) is 0 Å². The van der Waals surface area contributed by atoms with Crippen molar-refractivity contribution in [2.45, 2.75) is 93.5 Å². The Kier molecular flexibility index (Phi) is 6.38. The fraction of sp³-hybridized carbons (Fsp3) is 0.679. The molecular formula is C28H38N4O4. The van der Waals surface area contributed by atoms with Crippen LogP contribution in [0.2, 0.25) is 0 Å². The molecule has 5 aliphatic rings. The lowest BCUT2D eigenvalue weighted by molar-refractivity contribution is -0.143. The zero-order valence-electron chi connectivity index (χ0n) is 21.0. The van der Waals surface area contributed by atoms with E-state index in [1.807, 2.05) is 12.1 Å². The summed E-state index contributed by atoms with van der Waals surface area (Å²) in [4.78, 5) is 44.0. The van der Waals surface area contributed by atoms with Gasteiger partial charge in [0.1, 0.15) is 24.3 Å². The first-order valence-corrected chi connectivity index (χ1v) is 13.8. The number of nitrogens with two attached hydrogens (primary N) is 1. The van der Waals surface area contributed by atoms with E-state index in [2.05, 4.69) is 22.3 Å². The van der Waals surface area contributed by atoms with E-state index < -0.39 is 17.7 Å². The minimum absolute atomic E-state index is 0.00186. The summed E-state index contributed by atoms with van der Waals surface area (Å²) in [7, 11) is 0. The number of amides is 2. The molecule has 3 heterocycles. The number of hydrogen-bond acceptors (Lipinski definition) is 6. The number of likely N-dealkylation sites (tertiary alicyclic amines) is 2. The molecule has 0 radical (unpaired) electrons. The third kappa shape index (κ3) is 4.37. The number of nitrogens with one attached hydrogen (secondary N) is 1. The van der Waals surface area contributed by atoms with Crippen LogP contribution in [0.1, 0.15) is 79.6 Å². The molecule has 0 unspecified atom stereocenters. The van der Waals surface area contributed by atoms with E-state index in [1.165, 1.54) is 31.2 Å². The van der Waals surface area contributed by atoms with Crippen LogP contribution in [0.5, 0.6) is 0 Å². The van der Waals surface area contributed by atoms with Crippen molar-refractivity contribution < 1.29 is 19.1 Å². The molecule has 194 valence electrons. The molecular weight excluding hydrogens is 456 g/mol. The van der Waals surface area contributed by atoms with E-state index in [9.17, 15) is 14.4 Å². The number of carbonyl (C=O) groups is 3. The predicted octanol–water partition coefficient (Wildman–Crippen LogP) is 1.97. The zero-order valence-corrected chi connectivity index (χ0v) is 21.0. The van der Waals surface area contributed by atoms with E-state index in [0.717, 1.165) is 38.4 Å². The molecule has 1 aromatic rings. The lowest BCUT2D eigenvalue weighted by Crippen LogP contribution is -2.62. The van der Waals surface area contributed by atoms with E-state index >= 15 is 0 Å². The number of benzene rings is 1. The van der Waals surface area contributed by atoms with Crippen molar-refractivity contribution in [3.8, 4) is 0 Å². The van der Waals surface area contributed by atoms with Gasteiger partial charge in [0, 0.05) is 18.2 Å². The number of hydrogen-bond donors (Lipinski definition) is 2. The summed E-state index contributed by atoms with van der Waals surface area (Å²) in [5, 5.41) is 3.13. The van der Waals surface area contributed by atoms with Crippen LogP contribution >= 0.6 is 0 Å². The molecule has 8 heteroatoms. The molecule has 3 atom stereocenters. The van der Waals surface area contributed by atoms with Crippen molar-refractivity contribution >= 4 is 17.6 Å². The van der Waals surface area contributed by atoms with Crippen LogP contribution < -0.4 is 11.1 Å². The number of carbonyl (C=O) groups excluding carboxylic acids is 3. The Bertz CT molecular complexity index is 1010. The molecule has 0 spiro atoms. The molecule has 3 N–H and O–H groups in total. The fourth-order valence-electron chi connectivity index (χ4n) is 6.96. The largest absolute Gasteiger partial charge is 0.366 e. The Hall–Kier alpha value is -2.29. The Labute approximate surface area is 212 Å². The van der Waals surface area contributed by atoms with Crippen LogP contribution in [0.25, 0.3) is 0 Å². The Morgan fingerprint density at radius 2 is 1.69 bits per heavy atom. The standard InChI is InChI=1S/C28H38N4O4/c29-22-16-32(24-23(33)17-36-25(22)24)27(35)28(12-2-1-3-13-28)30-26(34)20-6-4-18(5-7-20)19-10-14-31(15-11-19)21-8-9-21/h4-7,19,21-22,24-25H,1-3,8-17,29H2,(H,30,34)/t22-,24-,25-/m1/s1. The maximum absolute atomic E-state index is 13.9. The minimum Gasteiger partial charge on any atom is -0.366 e. The molecule has 8 nitrogen and oxygen atoms in total. The summed E-state index contributed by atoms with van der Waals surface area (Å²) in [6, 6.07) is 7.78. The van der Waals surface area contributed by atoms with Crippen molar-refractivity contribution in [1.82, 2.24) is 15.1 Å². The second-order valence-corrected chi connectivity index (χ2v) is 11.6. The highest BCUT2D eigenvalue weighted by molar-refractivity contribution is 6.01. The van der Waals surface area contributed by atoms with Crippen molar-refractivity contribution in [1.29, 1.82) is 0 Å². The molecule has 3 aliphatic heterocycles. The number of nitrogens with zero attached hydrogens (tertiary/aromatic N) is 2. The number of piperidine rings is 1. The normalized spacial score (nSPS) is 30.9. The maximum atomic E-state index is 13.9. The molecule has 2 saturated carbocycles. The monoisotopic (exact) mass is 494 g/mol. The highest BCUT2D eigenvalue weighted by Gasteiger charge is 2.55. The topological polar surface area (TPSA) is 105 Å². The highest BCUT2D eigenvalue weighted by Crippen LogP contribution is 2.36. The van der Waals surface area contributed by atoms with Gasteiger partial charge in [0.15, 0.2) is 5.78 Å². The summed E-state index contributed by atoms with van der Waals surface area (Å²) in [5.74, 6) is 0.0322. The van der Waals surface area contributed by atoms with Gasteiger partial charge in [-0.1, -0.05) is 31.4 Å². The van der Waals surface area contributed by atoms with Gasteiger partial charge in [-0.15, -0.1) is 0 Å². The summed E-state index contributed by atoms with van der Waals surface area (Å²) in [6.07, 6.45) is 8.52. The number of fused-ring (bicyclic) bond motifs is 1. The average Bonchev–Trinajstić information content (AvgIpc) is 3.61. The van der Waals surface area contributed by atoms with Crippen molar-refractivity contribution in [3.05, 3.63) is 35.4 Å². The number of ketones is 1. The molecule has 5 fully saturated rings. The first kappa shape index (κ1) is 24.1. The Morgan fingerprint density at radius 3 is 2.36 bits per heavy atom. The van der Waals surface area contributed by atoms with E-state index in [1.54, 1.807) is 4.90 Å². The lowest BCUT2D eigenvalue weighted by atomic mass is 9.80. The third-order valence-electron chi connectivity index (χ3n) is 9.19. The van der Waals surface area contributed by atoms with Gasteiger partial charge in [0.05, 0.1) is 6.04 Å². The van der Waals surface area contributed by atoms with Gasteiger partial charge in [-0.3, -0.25) is 14.4 Å². The second-order valence-electron chi connectivity index (χ2n) is 11.6. The van der Waals surface area contributed by atoms with Crippen LogP contribution in [0.15, 0.2) is 24.3 Å². The zero-order chi connectivity index (χ0) is 24.9. The van der Waals surface area contributed by atoms with Gasteiger partial charge < -0.3 is 25.6 Å². The van der Waals surface area contributed by atoms with Gasteiger partial charge in [-0.2, -0.15) is 0 Å². The van der Waals surface area contributed by atoms with Crippen LogP contribution in [-0.4, -0.2) is 83.4 Å². The van der Waals surface area contributed by atoms with Crippen molar-refractivity contribution in [3.63, 3.8) is 0 Å². The number of Topliss-reactive ketones (excluding diaryl/α,β-unsaturated/α-hetero) is 1. The maximum Gasteiger partial charge on any atom is 0.252 e. The highest BCUT2D eigenvalue weighted by atomic mass is 16.5. The van der Waals surface area contributed by atoms with Gasteiger partial charge in [0.25, 0.3) is 5.91 Å². The van der Waals surface area contributed by atoms with Crippen LogP contribution in [0, 0.1) is 0 Å². The quantitative estimate of drug-likeness (QED) is 0.649.